The standard InChI is InChI=1S/C23H21N3O2/c1-23(14-13-17-7-3-2-4-8-17)21(27)26(22(28)25-23)24-16-18-11-12-19-9-5-6-10-20(19)15-18/h2-12,15-16H,13-14H2,1H3,(H,25,28)/b24-16-/t23-/m1/s1. The lowest BCUT2D eigenvalue weighted by atomic mass is 9.93. The highest BCUT2D eigenvalue weighted by atomic mass is 16.2. The molecule has 5 nitrogen and oxygen atoms in total. The van der Waals surface area contributed by atoms with Crippen molar-refractivity contribution in [2.75, 3.05) is 0 Å². The van der Waals surface area contributed by atoms with Crippen LogP contribution in [-0.2, 0) is 11.2 Å². The maximum Gasteiger partial charge on any atom is 0.346 e. The van der Waals surface area contributed by atoms with Crippen LogP contribution in [0.4, 0.5) is 4.79 Å². The number of hydrogen-bond donors (Lipinski definition) is 1. The highest BCUT2D eigenvalue weighted by Crippen LogP contribution is 2.24. The Kier molecular flexibility index (Phi) is 4.65. The average molecular weight is 371 g/mol. The van der Waals surface area contributed by atoms with Crippen molar-refractivity contribution in [1.82, 2.24) is 10.3 Å². The first-order chi connectivity index (χ1) is 13.5. The number of amides is 3. The van der Waals surface area contributed by atoms with E-state index in [1.165, 1.54) is 0 Å². The molecule has 3 amide bonds. The van der Waals surface area contributed by atoms with Crippen LogP contribution in [0.15, 0.2) is 77.9 Å². The number of nitrogens with zero attached hydrogens (tertiary/aromatic N) is 2. The van der Waals surface area contributed by atoms with E-state index in [0.717, 1.165) is 26.9 Å². The Balaban J connectivity index is 1.49. The molecule has 140 valence electrons. The van der Waals surface area contributed by atoms with Crippen molar-refractivity contribution in [1.29, 1.82) is 0 Å². The van der Waals surface area contributed by atoms with E-state index in [-0.39, 0.29) is 5.91 Å². The number of fused-ring (bicyclic) bond motifs is 1. The van der Waals surface area contributed by atoms with Gasteiger partial charge in [0.15, 0.2) is 0 Å². The summed E-state index contributed by atoms with van der Waals surface area (Å²) in [6.07, 6.45) is 2.77. The second-order valence-electron chi connectivity index (χ2n) is 7.22. The maximum atomic E-state index is 12.8. The van der Waals surface area contributed by atoms with Crippen LogP contribution < -0.4 is 5.32 Å². The quantitative estimate of drug-likeness (QED) is 0.542. The topological polar surface area (TPSA) is 61.8 Å². The van der Waals surface area contributed by atoms with Gasteiger partial charge in [-0.25, -0.2) is 4.79 Å². The highest BCUT2D eigenvalue weighted by molar-refractivity contribution is 6.07. The summed E-state index contributed by atoms with van der Waals surface area (Å²) in [6.45, 7) is 1.75. The van der Waals surface area contributed by atoms with Crippen LogP contribution in [0.3, 0.4) is 0 Å². The summed E-state index contributed by atoms with van der Waals surface area (Å²) in [4.78, 5) is 25.1. The van der Waals surface area contributed by atoms with Crippen molar-refractivity contribution in [3.63, 3.8) is 0 Å². The molecule has 0 radical (unpaired) electrons. The van der Waals surface area contributed by atoms with Crippen LogP contribution in [0.1, 0.15) is 24.5 Å². The van der Waals surface area contributed by atoms with E-state index in [0.29, 0.717) is 12.8 Å². The van der Waals surface area contributed by atoms with Crippen molar-refractivity contribution in [2.24, 2.45) is 5.10 Å². The molecule has 3 aromatic carbocycles. The molecule has 4 rings (SSSR count). The van der Waals surface area contributed by atoms with E-state index in [9.17, 15) is 9.59 Å². The van der Waals surface area contributed by atoms with Crippen molar-refractivity contribution in [3.8, 4) is 0 Å². The first-order valence-electron chi connectivity index (χ1n) is 9.29. The van der Waals surface area contributed by atoms with Crippen LogP contribution in [0.5, 0.6) is 0 Å². The molecule has 0 spiro atoms. The number of hydrazone groups is 1. The largest absolute Gasteiger partial charge is 0.346 e. The van der Waals surface area contributed by atoms with Crippen LogP contribution in [-0.4, -0.2) is 28.7 Å². The third-order valence-electron chi connectivity index (χ3n) is 5.09. The monoisotopic (exact) mass is 371 g/mol. The van der Waals surface area contributed by atoms with Gasteiger partial charge in [-0.3, -0.25) is 4.79 Å². The van der Waals surface area contributed by atoms with Crippen LogP contribution in [0, 0.1) is 0 Å². The van der Waals surface area contributed by atoms with Gasteiger partial charge in [0.25, 0.3) is 5.91 Å². The minimum atomic E-state index is -0.951. The lowest BCUT2D eigenvalue weighted by Gasteiger charge is -2.20. The smallest absolute Gasteiger partial charge is 0.322 e. The Morgan fingerprint density at radius 1 is 0.964 bits per heavy atom. The summed E-state index contributed by atoms with van der Waals surface area (Å²) >= 11 is 0. The van der Waals surface area contributed by atoms with E-state index in [2.05, 4.69) is 10.4 Å². The molecule has 3 aromatic rings. The van der Waals surface area contributed by atoms with Gasteiger partial charge >= 0.3 is 6.03 Å². The van der Waals surface area contributed by atoms with E-state index in [1.54, 1.807) is 13.1 Å². The van der Waals surface area contributed by atoms with E-state index < -0.39 is 11.6 Å². The molecule has 1 aliphatic rings. The van der Waals surface area contributed by atoms with Gasteiger partial charge in [-0.15, -0.1) is 5.01 Å². The summed E-state index contributed by atoms with van der Waals surface area (Å²) < 4.78 is 0. The first kappa shape index (κ1) is 17.9. The SMILES string of the molecule is C[C@]1(CCc2ccccc2)NC(=O)N(/N=C\c2ccc3ccccc3c2)C1=O. The van der Waals surface area contributed by atoms with Gasteiger partial charge in [0.05, 0.1) is 6.21 Å². The Bertz CT molecular complexity index is 1060. The number of benzene rings is 3. The number of hydrogen-bond acceptors (Lipinski definition) is 3. The predicted molar refractivity (Wildman–Crippen MR) is 110 cm³/mol. The molecule has 1 aliphatic heterocycles. The molecule has 0 aromatic heterocycles. The number of nitrogens with one attached hydrogen (secondary N) is 1. The number of carbonyl (C=O) groups excluding carboxylic acids is 2. The van der Waals surface area contributed by atoms with Crippen molar-refractivity contribution < 1.29 is 9.59 Å². The van der Waals surface area contributed by atoms with E-state index in [1.807, 2.05) is 72.8 Å². The summed E-state index contributed by atoms with van der Waals surface area (Å²) in [7, 11) is 0. The fourth-order valence-electron chi connectivity index (χ4n) is 3.39. The van der Waals surface area contributed by atoms with Crippen molar-refractivity contribution in [3.05, 3.63) is 83.9 Å². The number of aryl methyl sites for hydroxylation is 1. The zero-order valence-corrected chi connectivity index (χ0v) is 15.6. The lowest BCUT2D eigenvalue weighted by molar-refractivity contribution is -0.130. The number of rotatable bonds is 5. The zero-order chi connectivity index (χ0) is 19.6. The molecule has 0 bridgehead atoms. The molecule has 1 saturated heterocycles. The average Bonchev–Trinajstić information content (AvgIpc) is 2.94. The fraction of sp³-hybridized carbons (Fsp3) is 0.174. The Morgan fingerprint density at radius 3 is 2.46 bits per heavy atom. The van der Waals surface area contributed by atoms with Gasteiger partial charge in [-0.2, -0.15) is 5.10 Å². The number of carbonyl (C=O) groups is 2. The van der Waals surface area contributed by atoms with Gasteiger partial charge in [0, 0.05) is 0 Å². The van der Waals surface area contributed by atoms with Gasteiger partial charge in [-0.05, 0) is 47.7 Å². The van der Waals surface area contributed by atoms with Crippen LogP contribution in [0.2, 0.25) is 0 Å². The molecule has 1 heterocycles. The third-order valence-corrected chi connectivity index (χ3v) is 5.09. The second kappa shape index (κ2) is 7.27. The third kappa shape index (κ3) is 3.51. The molecular formula is C23H21N3O2. The maximum absolute atomic E-state index is 12.8. The van der Waals surface area contributed by atoms with Gasteiger partial charge in [-0.1, -0.05) is 66.7 Å². The lowest BCUT2D eigenvalue weighted by Crippen LogP contribution is -2.44. The molecule has 0 saturated carbocycles. The first-order valence-corrected chi connectivity index (χ1v) is 9.29. The molecule has 1 fully saturated rings. The Labute approximate surface area is 163 Å². The minimum absolute atomic E-state index is 0.328. The fourth-order valence-corrected chi connectivity index (χ4v) is 3.39. The van der Waals surface area contributed by atoms with Crippen molar-refractivity contribution in [2.45, 2.75) is 25.3 Å². The molecule has 0 aliphatic carbocycles. The molecule has 1 atom stereocenters. The normalized spacial score (nSPS) is 19.5. The molecule has 0 unspecified atom stereocenters. The number of urea groups is 1. The second-order valence-corrected chi connectivity index (χ2v) is 7.22. The van der Waals surface area contributed by atoms with E-state index in [4.69, 9.17) is 0 Å². The molecule has 5 heteroatoms. The summed E-state index contributed by atoms with van der Waals surface area (Å²) in [5, 5.41) is 10.1. The van der Waals surface area contributed by atoms with Crippen molar-refractivity contribution >= 4 is 28.9 Å². The predicted octanol–water partition coefficient (Wildman–Crippen LogP) is 4.12. The minimum Gasteiger partial charge on any atom is -0.322 e. The molecule has 28 heavy (non-hydrogen) atoms. The Morgan fingerprint density at radius 2 is 1.68 bits per heavy atom. The molecular weight excluding hydrogens is 350 g/mol. The van der Waals surface area contributed by atoms with Gasteiger partial charge < -0.3 is 5.32 Å². The van der Waals surface area contributed by atoms with Crippen LogP contribution >= 0.6 is 0 Å². The number of imide groups is 1. The van der Waals surface area contributed by atoms with E-state index >= 15 is 0 Å². The summed E-state index contributed by atoms with van der Waals surface area (Å²) in [5.41, 5.74) is 1.01. The molecule has 1 N–H and O–H groups in total. The highest BCUT2D eigenvalue weighted by Gasteiger charge is 2.47. The zero-order valence-electron chi connectivity index (χ0n) is 15.6. The van der Waals surface area contributed by atoms with Gasteiger partial charge in [0.2, 0.25) is 0 Å². The van der Waals surface area contributed by atoms with Crippen LogP contribution in [0.25, 0.3) is 10.8 Å². The van der Waals surface area contributed by atoms with Gasteiger partial charge in [0.1, 0.15) is 5.54 Å². The summed E-state index contributed by atoms with van der Waals surface area (Å²) in [5.74, 6) is -0.328. The summed E-state index contributed by atoms with van der Waals surface area (Å²) in [6, 6.07) is 23.3. The Hall–Kier alpha value is -3.47.